The van der Waals surface area contributed by atoms with Crippen molar-refractivity contribution in [3.8, 4) is 11.1 Å². The molecule has 0 heterocycles. The maximum absolute atomic E-state index is 11.1. The number of amides is 1. The molecule has 0 unspecified atom stereocenters. The molecule has 2 aromatic rings. The van der Waals surface area contributed by atoms with Gasteiger partial charge in [0.25, 0.3) is 5.91 Å². The number of aldehydes is 1. The topological polar surface area (TPSA) is 37.4 Å². The number of hydrogen-bond acceptors (Lipinski definition) is 2. The van der Waals surface area contributed by atoms with E-state index in [1.807, 2.05) is 18.2 Å². The Bertz CT molecular complexity index is 576. The molecule has 0 aromatic heterocycles. The number of carbonyl (C=O) groups is 2. The van der Waals surface area contributed by atoms with Crippen LogP contribution in [0.25, 0.3) is 11.1 Å². The zero-order valence-electron chi connectivity index (χ0n) is 11.5. The molecule has 0 N–H and O–H groups in total. The predicted molar refractivity (Wildman–Crippen MR) is 79.3 cm³/mol. The van der Waals surface area contributed by atoms with Crippen LogP contribution in [0.15, 0.2) is 54.6 Å². The minimum atomic E-state index is -0.481. The van der Waals surface area contributed by atoms with Gasteiger partial charge in [0, 0.05) is 13.6 Å². The van der Waals surface area contributed by atoms with Gasteiger partial charge in [0.2, 0.25) is 6.29 Å². The first-order valence-electron chi connectivity index (χ1n) is 6.55. The molecule has 0 aliphatic heterocycles. The quantitative estimate of drug-likeness (QED) is 0.616. The summed E-state index contributed by atoms with van der Waals surface area (Å²) in [5, 5.41) is 0. The van der Waals surface area contributed by atoms with Crippen LogP contribution in [0, 0.1) is 0 Å². The van der Waals surface area contributed by atoms with Gasteiger partial charge >= 0.3 is 0 Å². The summed E-state index contributed by atoms with van der Waals surface area (Å²) in [7, 11) is 1.63. The molecule has 1 amide bonds. The molecule has 3 nitrogen and oxygen atoms in total. The van der Waals surface area contributed by atoms with Crippen molar-refractivity contribution in [2.24, 2.45) is 0 Å². The Morgan fingerprint density at radius 1 is 1.00 bits per heavy atom. The van der Waals surface area contributed by atoms with Crippen molar-refractivity contribution >= 4 is 12.2 Å². The zero-order chi connectivity index (χ0) is 14.4. The second-order valence-electron chi connectivity index (χ2n) is 4.69. The van der Waals surface area contributed by atoms with Gasteiger partial charge in [-0.2, -0.15) is 0 Å². The molecule has 20 heavy (non-hydrogen) atoms. The lowest BCUT2D eigenvalue weighted by Crippen LogP contribution is -2.29. The molecule has 0 radical (unpaired) electrons. The monoisotopic (exact) mass is 267 g/mol. The largest absolute Gasteiger partial charge is 0.339 e. The summed E-state index contributed by atoms with van der Waals surface area (Å²) in [6.45, 7) is 0.544. The van der Waals surface area contributed by atoms with Crippen LogP contribution in [0.1, 0.15) is 5.56 Å². The molecule has 0 aliphatic carbocycles. The highest BCUT2D eigenvalue weighted by molar-refractivity contribution is 6.23. The highest BCUT2D eigenvalue weighted by atomic mass is 16.2. The summed E-state index contributed by atoms with van der Waals surface area (Å²) < 4.78 is 0. The first-order chi connectivity index (χ1) is 9.70. The molecule has 102 valence electrons. The van der Waals surface area contributed by atoms with Crippen molar-refractivity contribution in [2.45, 2.75) is 6.42 Å². The molecule has 2 rings (SSSR count). The predicted octanol–water partition coefficient (Wildman–Crippen LogP) is 2.55. The van der Waals surface area contributed by atoms with Crippen molar-refractivity contribution < 1.29 is 9.59 Å². The van der Waals surface area contributed by atoms with Gasteiger partial charge in [-0.1, -0.05) is 54.6 Å². The molecule has 3 heteroatoms. The molecule has 0 saturated carbocycles. The van der Waals surface area contributed by atoms with Crippen LogP contribution in [0.5, 0.6) is 0 Å². The lowest BCUT2D eigenvalue weighted by atomic mass is 10.0. The van der Waals surface area contributed by atoms with E-state index in [2.05, 4.69) is 36.4 Å². The molecule has 0 spiro atoms. The SMILES string of the molecule is CN(CCc1ccc(-c2ccccc2)cc1)C(=O)C=O. The second kappa shape index (κ2) is 6.66. The van der Waals surface area contributed by atoms with Crippen LogP contribution < -0.4 is 0 Å². The third-order valence-corrected chi connectivity index (χ3v) is 3.27. The highest BCUT2D eigenvalue weighted by Crippen LogP contribution is 2.19. The van der Waals surface area contributed by atoms with E-state index in [9.17, 15) is 9.59 Å². The van der Waals surface area contributed by atoms with Crippen LogP contribution in [0.3, 0.4) is 0 Å². The second-order valence-corrected chi connectivity index (χ2v) is 4.69. The summed E-state index contributed by atoms with van der Waals surface area (Å²) in [5.41, 5.74) is 3.51. The Balaban J connectivity index is 1.99. The summed E-state index contributed by atoms with van der Waals surface area (Å²) in [4.78, 5) is 22.9. The molecule has 0 saturated heterocycles. The van der Waals surface area contributed by atoms with E-state index in [1.165, 1.54) is 16.0 Å². The molecule has 2 aromatic carbocycles. The Kier molecular flexibility index (Phi) is 4.66. The standard InChI is InChI=1S/C17H17NO2/c1-18(17(20)13-19)12-11-14-7-9-16(10-8-14)15-5-3-2-4-6-15/h2-10,13H,11-12H2,1H3. The minimum absolute atomic E-state index is 0.346. The summed E-state index contributed by atoms with van der Waals surface area (Å²) in [6, 6.07) is 18.4. The van der Waals surface area contributed by atoms with Crippen molar-refractivity contribution in [3.63, 3.8) is 0 Å². The van der Waals surface area contributed by atoms with Gasteiger partial charge < -0.3 is 4.90 Å². The number of carbonyl (C=O) groups excluding carboxylic acids is 2. The number of benzene rings is 2. The van der Waals surface area contributed by atoms with E-state index in [0.29, 0.717) is 12.8 Å². The first-order valence-corrected chi connectivity index (χ1v) is 6.55. The number of likely N-dealkylation sites (N-methyl/N-ethyl adjacent to an activating group) is 1. The van der Waals surface area contributed by atoms with Gasteiger partial charge in [0.05, 0.1) is 0 Å². The molecular formula is C17H17NO2. The van der Waals surface area contributed by atoms with E-state index < -0.39 is 5.91 Å². The average Bonchev–Trinajstić information content (AvgIpc) is 2.53. The lowest BCUT2D eigenvalue weighted by molar-refractivity contribution is -0.137. The Morgan fingerprint density at radius 3 is 2.20 bits per heavy atom. The van der Waals surface area contributed by atoms with E-state index in [1.54, 1.807) is 7.05 Å². The summed E-state index contributed by atoms with van der Waals surface area (Å²) in [5.74, 6) is -0.481. The summed E-state index contributed by atoms with van der Waals surface area (Å²) in [6.07, 6.45) is 1.09. The van der Waals surface area contributed by atoms with Gasteiger partial charge in [0.1, 0.15) is 0 Å². The fraction of sp³-hybridized carbons (Fsp3) is 0.176. The van der Waals surface area contributed by atoms with Crippen molar-refractivity contribution in [1.82, 2.24) is 4.90 Å². The van der Waals surface area contributed by atoms with E-state index in [0.717, 1.165) is 12.0 Å². The van der Waals surface area contributed by atoms with Gasteiger partial charge in [-0.05, 0) is 23.1 Å². The van der Waals surface area contributed by atoms with Gasteiger partial charge in [-0.25, -0.2) is 0 Å². The molecular weight excluding hydrogens is 250 g/mol. The van der Waals surface area contributed by atoms with Crippen LogP contribution in [0.2, 0.25) is 0 Å². The molecule has 0 atom stereocenters. The molecule has 0 aliphatic rings. The van der Waals surface area contributed by atoms with Crippen LogP contribution in [-0.4, -0.2) is 30.7 Å². The van der Waals surface area contributed by atoms with Crippen LogP contribution in [0.4, 0.5) is 0 Å². The third kappa shape index (κ3) is 3.54. The highest BCUT2D eigenvalue weighted by Gasteiger charge is 2.06. The van der Waals surface area contributed by atoms with Crippen molar-refractivity contribution in [3.05, 3.63) is 60.2 Å². The first kappa shape index (κ1) is 14.0. The minimum Gasteiger partial charge on any atom is -0.339 e. The number of hydrogen-bond donors (Lipinski definition) is 0. The molecule has 0 fully saturated rings. The van der Waals surface area contributed by atoms with E-state index in [4.69, 9.17) is 0 Å². The van der Waals surface area contributed by atoms with Crippen molar-refractivity contribution in [2.75, 3.05) is 13.6 Å². The average molecular weight is 267 g/mol. The van der Waals surface area contributed by atoms with E-state index >= 15 is 0 Å². The van der Waals surface area contributed by atoms with Gasteiger partial charge in [0.15, 0.2) is 0 Å². The smallest absolute Gasteiger partial charge is 0.286 e. The van der Waals surface area contributed by atoms with E-state index in [-0.39, 0.29) is 0 Å². The summed E-state index contributed by atoms with van der Waals surface area (Å²) >= 11 is 0. The number of nitrogens with zero attached hydrogens (tertiary/aromatic N) is 1. The Morgan fingerprint density at radius 2 is 1.60 bits per heavy atom. The fourth-order valence-corrected chi connectivity index (χ4v) is 1.99. The zero-order valence-corrected chi connectivity index (χ0v) is 11.5. The normalized spacial score (nSPS) is 10.1. The third-order valence-electron chi connectivity index (χ3n) is 3.27. The van der Waals surface area contributed by atoms with Crippen LogP contribution >= 0.6 is 0 Å². The maximum Gasteiger partial charge on any atom is 0.286 e. The van der Waals surface area contributed by atoms with Gasteiger partial charge in [-0.3, -0.25) is 9.59 Å². The van der Waals surface area contributed by atoms with Crippen molar-refractivity contribution in [1.29, 1.82) is 0 Å². The lowest BCUT2D eigenvalue weighted by Gasteiger charge is -2.13. The maximum atomic E-state index is 11.1. The van der Waals surface area contributed by atoms with Gasteiger partial charge in [-0.15, -0.1) is 0 Å². The Hall–Kier alpha value is -2.42. The Labute approximate surface area is 118 Å². The number of rotatable bonds is 5. The fourth-order valence-electron chi connectivity index (χ4n) is 1.99. The van der Waals surface area contributed by atoms with Crippen LogP contribution in [-0.2, 0) is 16.0 Å². The molecule has 0 bridgehead atoms.